The summed E-state index contributed by atoms with van der Waals surface area (Å²) in [6, 6.07) is 7.66. The number of hydrogen-bond acceptors (Lipinski definition) is 2. The quantitative estimate of drug-likeness (QED) is 0.740. The van der Waals surface area contributed by atoms with Crippen LogP contribution in [0.1, 0.15) is 31.1 Å². The highest BCUT2D eigenvalue weighted by atomic mass is 16.3. The smallest absolute Gasteiger partial charge is 0.0940 e. The van der Waals surface area contributed by atoms with Crippen molar-refractivity contribution in [3.63, 3.8) is 0 Å². The van der Waals surface area contributed by atoms with Crippen molar-refractivity contribution in [1.29, 1.82) is 0 Å². The van der Waals surface area contributed by atoms with Crippen molar-refractivity contribution in [2.45, 2.75) is 32.4 Å². The fraction of sp³-hybridized carbons (Fsp3) is 0.455. The number of benzene rings is 1. The Kier molecular flexibility index (Phi) is 3.46. The molecule has 0 saturated heterocycles. The maximum Gasteiger partial charge on any atom is 0.0940 e. The molecule has 1 aromatic rings. The topological polar surface area (TPSA) is 46.2 Å². The van der Waals surface area contributed by atoms with Crippen LogP contribution in [0.2, 0.25) is 0 Å². The highest BCUT2D eigenvalue weighted by Gasteiger charge is 2.14. The van der Waals surface area contributed by atoms with Crippen LogP contribution in [-0.4, -0.2) is 11.1 Å². The molecule has 2 atom stereocenters. The minimum Gasteiger partial charge on any atom is -0.387 e. The first-order valence-corrected chi connectivity index (χ1v) is 4.68. The molecule has 13 heavy (non-hydrogen) atoms. The number of rotatable bonds is 3. The number of aliphatic hydroxyl groups excluding tert-OH is 1. The molecule has 72 valence electrons. The first kappa shape index (κ1) is 10.2. The van der Waals surface area contributed by atoms with E-state index in [1.165, 1.54) is 5.56 Å². The van der Waals surface area contributed by atoms with Gasteiger partial charge in [0.25, 0.3) is 0 Å². The Bertz CT molecular complexity index is 271. The Morgan fingerprint density at radius 1 is 1.38 bits per heavy atom. The summed E-state index contributed by atoms with van der Waals surface area (Å²) in [7, 11) is 0. The Balaban J connectivity index is 2.98. The summed E-state index contributed by atoms with van der Waals surface area (Å²) in [6.45, 7) is 3.89. The Morgan fingerprint density at radius 2 is 2.00 bits per heavy atom. The molecule has 0 amide bonds. The van der Waals surface area contributed by atoms with Crippen LogP contribution in [-0.2, 0) is 6.42 Å². The van der Waals surface area contributed by atoms with Crippen molar-refractivity contribution in [3.8, 4) is 0 Å². The van der Waals surface area contributed by atoms with E-state index >= 15 is 0 Å². The fourth-order valence-corrected chi connectivity index (χ4v) is 1.43. The molecular formula is C11H17NO. The predicted molar refractivity (Wildman–Crippen MR) is 54.4 cm³/mol. The maximum absolute atomic E-state index is 9.78. The lowest BCUT2D eigenvalue weighted by molar-refractivity contribution is 0.152. The first-order valence-electron chi connectivity index (χ1n) is 4.68. The van der Waals surface area contributed by atoms with Crippen LogP contribution in [0.3, 0.4) is 0 Å². The molecule has 0 unspecified atom stereocenters. The van der Waals surface area contributed by atoms with Crippen molar-refractivity contribution in [2.75, 3.05) is 0 Å². The van der Waals surface area contributed by atoms with Gasteiger partial charge in [-0.2, -0.15) is 0 Å². The average molecular weight is 179 g/mol. The second kappa shape index (κ2) is 4.40. The third-order valence-electron chi connectivity index (χ3n) is 2.25. The number of aryl methyl sites for hydroxylation is 1. The largest absolute Gasteiger partial charge is 0.387 e. The molecule has 0 spiro atoms. The number of aliphatic hydroxyl groups is 1. The molecule has 2 heteroatoms. The van der Waals surface area contributed by atoms with E-state index in [1.807, 2.05) is 31.2 Å². The van der Waals surface area contributed by atoms with Crippen molar-refractivity contribution in [2.24, 2.45) is 5.73 Å². The lowest BCUT2D eigenvalue weighted by atomic mass is 9.97. The van der Waals surface area contributed by atoms with E-state index in [-0.39, 0.29) is 6.04 Å². The van der Waals surface area contributed by atoms with E-state index in [9.17, 15) is 5.11 Å². The SMILES string of the molecule is CCc1ccccc1[C@@H](O)[C@H](C)N. The fourth-order valence-electron chi connectivity index (χ4n) is 1.43. The summed E-state index contributed by atoms with van der Waals surface area (Å²) in [5.41, 5.74) is 7.77. The normalized spacial score (nSPS) is 15.4. The summed E-state index contributed by atoms with van der Waals surface area (Å²) >= 11 is 0. The minimum absolute atomic E-state index is 0.215. The van der Waals surface area contributed by atoms with Gasteiger partial charge in [0.1, 0.15) is 0 Å². The molecule has 1 aromatic carbocycles. The molecule has 0 aliphatic carbocycles. The van der Waals surface area contributed by atoms with Crippen LogP contribution in [0.15, 0.2) is 24.3 Å². The first-order chi connectivity index (χ1) is 6.16. The minimum atomic E-state index is -0.545. The molecule has 0 aromatic heterocycles. The zero-order valence-corrected chi connectivity index (χ0v) is 8.20. The van der Waals surface area contributed by atoms with Crippen LogP contribution in [0.4, 0.5) is 0 Å². The van der Waals surface area contributed by atoms with Crippen molar-refractivity contribution in [3.05, 3.63) is 35.4 Å². The number of hydrogen-bond donors (Lipinski definition) is 2. The van der Waals surface area contributed by atoms with Gasteiger partial charge in [-0.3, -0.25) is 0 Å². The predicted octanol–water partition coefficient (Wildman–Crippen LogP) is 1.63. The van der Waals surface area contributed by atoms with Gasteiger partial charge >= 0.3 is 0 Å². The molecule has 0 radical (unpaired) electrons. The molecule has 0 heterocycles. The highest BCUT2D eigenvalue weighted by molar-refractivity contribution is 5.29. The summed E-state index contributed by atoms with van der Waals surface area (Å²) in [4.78, 5) is 0. The van der Waals surface area contributed by atoms with E-state index in [4.69, 9.17) is 5.73 Å². The molecule has 0 saturated carbocycles. The zero-order valence-electron chi connectivity index (χ0n) is 8.20. The summed E-state index contributed by atoms with van der Waals surface area (Å²) in [5.74, 6) is 0. The van der Waals surface area contributed by atoms with Crippen molar-refractivity contribution < 1.29 is 5.11 Å². The summed E-state index contributed by atoms with van der Waals surface area (Å²) in [6.07, 6.45) is 0.385. The van der Waals surface area contributed by atoms with E-state index in [0.717, 1.165) is 12.0 Å². The Hall–Kier alpha value is -0.860. The molecule has 0 bridgehead atoms. The van der Waals surface area contributed by atoms with Crippen LogP contribution in [0.25, 0.3) is 0 Å². The maximum atomic E-state index is 9.78. The van der Waals surface area contributed by atoms with E-state index < -0.39 is 6.10 Å². The van der Waals surface area contributed by atoms with Gasteiger partial charge < -0.3 is 10.8 Å². The molecular weight excluding hydrogens is 162 g/mol. The van der Waals surface area contributed by atoms with E-state index in [1.54, 1.807) is 0 Å². The highest BCUT2D eigenvalue weighted by Crippen LogP contribution is 2.20. The van der Waals surface area contributed by atoms with Crippen LogP contribution in [0.5, 0.6) is 0 Å². The lowest BCUT2D eigenvalue weighted by Gasteiger charge is -2.17. The lowest BCUT2D eigenvalue weighted by Crippen LogP contribution is -2.25. The van der Waals surface area contributed by atoms with Crippen LogP contribution >= 0.6 is 0 Å². The second-order valence-corrected chi connectivity index (χ2v) is 3.36. The van der Waals surface area contributed by atoms with Gasteiger partial charge in [0.05, 0.1) is 6.10 Å². The van der Waals surface area contributed by atoms with Gasteiger partial charge in [-0.15, -0.1) is 0 Å². The average Bonchev–Trinajstić information content (AvgIpc) is 2.16. The standard InChI is InChI=1S/C11H17NO/c1-3-9-6-4-5-7-10(9)11(13)8(2)12/h4-8,11,13H,3,12H2,1-2H3/t8-,11-/m0/s1. The van der Waals surface area contributed by atoms with Gasteiger partial charge in [0.2, 0.25) is 0 Å². The molecule has 1 rings (SSSR count). The van der Waals surface area contributed by atoms with Gasteiger partial charge in [0.15, 0.2) is 0 Å². The zero-order chi connectivity index (χ0) is 9.84. The van der Waals surface area contributed by atoms with Gasteiger partial charge in [-0.05, 0) is 24.5 Å². The molecule has 0 aliphatic rings. The third-order valence-corrected chi connectivity index (χ3v) is 2.25. The molecule has 0 fully saturated rings. The van der Waals surface area contributed by atoms with Gasteiger partial charge in [0, 0.05) is 6.04 Å². The van der Waals surface area contributed by atoms with Crippen LogP contribution in [0, 0.1) is 0 Å². The van der Waals surface area contributed by atoms with E-state index in [0.29, 0.717) is 0 Å². The van der Waals surface area contributed by atoms with Crippen LogP contribution < -0.4 is 5.73 Å². The van der Waals surface area contributed by atoms with Crippen molar-refractivity contribution in [1.82, 2.24) is 0 Å². The third kappa shape index (κ3) is 2.29. The monoisotopic (exact) mass is 179 g/mol. The molecule has 3 N–H and O–H groups in total. The number of nitrogens with two attached hydrogens (primary N) is 1. The Labute approximate surface area is 79.4 Å². The molecule has 0 aliphatic heterocycles. The van der Waals surface area contributed by atoms with E-state index in [2.05, 4.69) is 6.92 Å². The van der Waals surface area contributed by atoms with Gasteiger partial charge in [-0.25, -0.2) is 0 Å². The summed E-state index contributed by atoms with van der Waals surface area (Å²) in [5, 5.41) is 9.78. The second-order valence-electron chi connectivity index (χ2n) is 3.36. The Morgan fingerprint density at radius 3 is 2.54 bits per heavy atom. The summed E-state index contributed by atoms with van der Waals surface area (Å²) < 4.78 is 0. The molecule has 2 nitrogen and oxygen atoms in total. The van der Waals surface area contributed by atoms with Gasteiger partial charge in [-0.1, -0.05) is 31.2 Å². The van der Waals surface area contributed by atoms with Crippen molar-refractivity contribution >= 4 is 0 Å².